The van der Waals surface area contributed by atoms with Crippen LogP contribution in [0.3, 0.4) is 0 Å². The lowest BCUT2D eigenvalue weighted by atomic mass is 10.0. The molecule has 0 aliphatic rings. The molecule has 34 heavy (non-hydrogen) atoms. The number of phenols is 1. The Morgan fingerprint density at radius 1 is 1.18 bits per heavy atom. The van der Waals surface area contributed by atoms with Crippen molar-refractivity contribution in [3.05, 3.63) is 65.6 Å². The number of carbonyl (C=O) groups is 2. The number of aromatic nitrogens is 5. The van der Waals surface area contributed by atoms with Crippen LogP contribution < -0.4 is 5.32 Å². The number of rotatable bonds is 5. The molecule has 2 aromatic carbocycles. The number of aldehydes is 1. The first kappa shape index (κ1) is 22.7. The molecule has 0 bridgehead atoms. The molecule has 4 rings (SSSR count). The number of hydrogen-bond donors (Lipinski definition) is 2. The average molecular weight is 470 g/mol. The van der Waals surface area contributed by atoms with Crippen molar-refractivity contribution in [2.24, 2.45) is 14.1 Å². The molecule has 2 heterocycles. The minimum absolute atomic E-state index is 0.104. The Morgan fingerprint density at radius 3 is 2.59 bits per heavy atom. The lowest BCUT2D eigenvalue weighted by Gasteiger charge is -2.15. The summed E-state index contributed by atoms with van der Waals surface area (Å²) in [4.78, 5) is 23.9. The van der Waals surface area contributed by atoms with Gasteiger partial charge >= 0.3 is 6.18 Å². The normalized spacial score (nSPS) is 11.4. The number of aromatic hydroxyl groups is 1. The summed E-state index contributed by atoms with van der Waals surface area (Å²) in [5.41, 5.74) is -0.323. The summed E-state index contributed by atoms with van der Waals surface area (Å²) in [6, 6.07) is 7.79. The number of hydrogen-bond acceptors (Lipinski definition) is 6. The van der Waals surface area contributed by atoms with Gasteiger partial charge in [-0.25, -0.2) is 0 Å². The van der Waals surface area contributed by atoms with Crippen LogP contribution in [0, 0.1) is 0 Å². The maximum atomic E-state index is 13.2. The maximum Gasteiger partial charge on any atom is 0.420 e. The van der Waals surface area contributed by atoms with Gasteiger partial charge in [0.25, 0.3) is 5.91 Å². The molecule has 0 aliphatic heterocycles. The molecular weight excluding hydrogens is 453 g/mol. The minimum atomic E-state index is -4.92. The molecule has 0 atom stereocenters. The van der Waals surface area contributed by atoms with Gasteiger partial charge in [0.15, 0.2) is 11.6 Å². The van der Waals surface area contributed by atoms with Crippen molar-refractivity contribution in [3.63, 3.8) is 0 Å². The van der Waals surface area contributed by atoms with E-state index in [4.69, 9.17) is 0 Å². The molecule has 12 heteroatoms. The molecule has 1 amide bonds. The Balaban J connectivity index is 1.71. The molecule has 0 saturated carbocycles. The van der Waals surface area contributed by atoms with Gasteiger partial charge in [0.05, 0.1) is 23.1 Å². The quantitative estimate of drug-likeness (QED) is 0.340. The molecule has 174 valence electrons. The molecule has 0 unspecified atom stereocenters. The van der Waals surface area contributed by atoms with Gasteiger partial charge in [-0.3, -0.25) is 14.3 Å². The molecule has 2 N–H and O–H groups in total. The number of carbonyl (C=O) groups excluding carboxylic acids is 2. The predicted molar refractivity (Wildman–Crippen MR) is 115 cm³/mol. The van der Waals surface area contributed by atoms with Crippen LogP contribution in [-0.4, -0.2) is 41.8 Å². The van der Waals surface area contributed by atoms with Crippen LogP contribution in [0.2, 0.25) is 0 Å². The molecule has 9 nitrogen and oxygen atoms in total. The number of nitrogens with one attached hydrogen (secondary N) is 1. The van der Waals surface area contributed by atoms with Gasteiger partial charge in [-0.2, -0.15) is 18.3 Å². The molecule has 2 aromatic heterocycles. The van der Waals surface area contributed by atoms with Crippen LogP contribution >= 0.6 is 0 Å². The van der Waals surface area contributed by atoms with Gasteiger partial charge in [0.1, 0.15) is 18.2 Å². The van der Waals surface area contributed by atoms with E-state index in [-0.39, 0.29) is 17.4 Å². The number of anilines is 1. The van der Waals surface area contributed by atoms with Gasteiger partial charge in [-0.1, -0.05) is 12.1 Å². The van der Waals surface area contributed by atoms with Crippen molar-refractivity contribution in [1.82, 2.24) is 24.5 Å². The molecule has 0 fully saturated rings. The topological polar surface area (TPSA) is 115 Å². The van der Waals surface area contributed by atoms with Crippen LogP contribution in [0.4, 0.5) is 18.9 Å². The number of phenolic OH excluding ortho intramolecular Hbond substituents is 1. The Bertz CT molecular complexity index is 1410. The SMILES string of the molecule is Cn1cnnc1-c1cnn(C)c1-c1cccc(C(=O)Nc2cc(C=O)cc(C(F)(F)F)c2O)c1. The highest BCUT2D eigenvalue weighted by Gasteiger charge is 2.35. The van der Waals surface area contributed by atoms with Crippen LogP contribution in [0.15, 0.2) is 48.9 Å². The number of benzene rings is 2. The fourth-order valence-electron chi connectivity index (χ4n) is 3.51. The number of aryl methyl sites for hydroxylation is 2. The Morgan fingerprint density at radius 2 is 1.94 bits per heavy atom. The highest BCUT2D eigenvalue weighted by Crippen LogP contribution is 2.40. The van der Waals surface area contributed by atoms with Crippen molar-refractivity contribution in [1.29, 1.82) is 0 Å². The second kappa shape index (κ2) is 8.46. The van der Waals surface area contributed by atoms with E-state index in [9.17, 15) is 27.9 Å². The van der Waals surface area contributed by atoms with Crippen molar-refractivity contribution in [2.45, 2.75) is 6.18 Å². The molecule has 0 radical (unpaired) electrons. The fraction of sp³-hybridized carbons (Fsp3) is 0.136. The third-order valence-corrected chi connectivity index (χ3v) is 5.11. The van der Waals surface area contributed by atoms with Gasteiger partial charge in [0.2, 0.25) is 0 Å². The first-order chi connectivity index (χ1) is 16.1. The van der Waals surface area contributed by atoms with Gasteiger partial charge in [-0.05, 0) is 24.3 Å². The van der Waals surface area contributed by atoms with E-state index in [0.717, 1.165) is 6.07 Å². The van der Waals surface area contributed by atoms with E-state index in [1.165, 1.54) is 18.5 Å². The summed E-state index contributed by atoms with van der Waals surface area (Å²) in [5.74, 6) is -1.41. The summed E-state index contributed by atoms with van der Waals surface area (Å²) in [6.07, 6.45) is -1.58. The van der Waals surface area contributed by atoms with E-state index in [0.29, 0.717) is 28.7 Å². The fourth-order valence-corrected chi connectivity index (χ4v) is 3.51. The zero-order valence-corrected chi connectivity index (χ0v) is 17.8. The summed E-state index contributed by atoms with van der Waals surface area (Å²) in [6.45, 7) is 0. The monoisotopic (exact) mass is 470 g/mol. The maximum absolute atomic E-state index is 13.2. The first-order valence-corrected chi connectivity index (χ1v) is 9.77. The van der Waals surface area contributed by atoms with Crippen LogP contribution in [0.25, 0.3) is 22.6 Å². The molecular formula is C22H17F3N6O3. The molecule has 0 spiro atoms. The van der Waals surface area contributed by atoms with Crippen molar-refractivity contribution >= 4 is 17.9 Å². The second-order valence-corrected chi connectivity index (χ2v) is 7.41. The van der Waals surface area contributed by atoms with Gasteiger partial charge < -0.3 is 15.0 Å². The van der Waals surface area contributed by atoms with E-state index >= 15 is 0 Å². The Labute approximate surface area is 190 Å². The summed E-state index contributed by atoms with van der Waals surface area (Å²) in [7, 11) is 3.48. The van der Waals surface area contributed by atoms with Crippen molar-refractivity contribution < 1.29 is 27.9 Å². The van der Waals surface area contributed by atoms with Crippen molar-refractivity contribution in [2.75, 3.05) is 5.32 Å². The number of nitrogens with zero attached hydrogens (tertiary/aromatic N) is 5. The van der Waals surface area contributed by atoms with Gasteiger partial charge in [0, 0.05) is 30.8 Å². The smallest absolute Gasteiger partial charge is 0.420 e. The Kier molecular flexibility index (Phi) is 5.65. The molecule has 0 saturated heterocycles. The second-order valence-electron chi connectivity index (χ2n) is 7.41. The van der Waals surface area contributed by atoms with E-state index < -0.39 is 29.1 Å². The molecule has 0 aliphatic carbocycles. The third-order valence-electron chi connectivity index (χ3n) is 5.11. The van der Waals surface area contributed by atoms with Crippen molar-refractivity contribution in [3.8, 4) is 28.4 Å². The highest BCUT2D eigenvalue weighted by atomic mass is 19.4. The van der Waals surface area contributed by atoms with Gasteiger partial charge in [-0.15, -0.1) is 10.2 Å². The predicted octanol–water partition coefficient (Wildman–Crippen LogP) is 3.67. The minimum Gasteiger partial charge on any atom is -0.505 e. The standard InChI is InChI=1S/C22H17F3N6O3/c1-30-11-26-29-20(30)15-9-27-31(2)18(15)13-4-3-5-14(8-13)21(34)28-17-7-12(10-32)6-16(19(17)33)22(23,24)25/h3-11,33H,1-2H3,(H,28,34). The number of halogens is 3. The van der Waals surface area contributed by atoms with E-state index in [1.807, 2.05) is 0 Å². The number of amides is 1. The largest absolute Gasteiger partial charge is 0.505 e. The number of alkyl halides is 3. The zero-order valence-electron chi connectivity index (χ0n) is 17.8. The van der Waals surface area contributed by atoms with Crippen LogP contribution in [0.1, 0.15) is 26.3 Å². The third kappa shape index (κ3) is 4.12. The average Bonchev–Trinajstić information content (AvgIpc) is 3.39. The van der Waals surface area contributed by atoms with Crippen LogP contribution in [-0.2, 0) is 20.3 Å². The summed E-state index contributed by atoms with van der Waals surface area (Å²) in [5, 5.41) is 24.5. The van der Waals surface area contributed by atoms with E-state index in [1.54, 1.807) is 41.7 Å². The summed E-state index contributed by atoms with van der Waals surface area (Å²) < 4.78 is 43.0. The summed E-state index contributed by atoms with van der Waals surface area (Å²) >= 11 is 0. The Hall–Kier alpha value is -4.48. The lowest BCUT2D eigenvalue weighted by Crippen LogP contribution is -2.14. The lowest BCUT2D eigenvalue weighted by molar-refractivity contribution is -0.138. The first-order valence-electron chi connectivity index (χ1n) is 9.77. The molecule has 4 aromatic rings. The zero-order chi connectivity index (χ0) is 24.6. The highest BCUT2D eigenvalue weighted by molar-refractivity contribution is 6.06. The van der Waals surface area contributed by atoms with Crippen LogP contribution in [0.5, 0.6) is 5.75 Å². The van der Waals surface area contributed by atoms with E-state index in [2.05, 4.69) is 20.6 Å².